The van der Waals surface area contributed by atoms with Crippen LogP contribution in [0.2, 0.25) is 0 Å². The highest BCUT2D eigenvalue weighted by molar-refractivity contribution is 5.52. The highest BCUT2D eigenvalue weighted by Gasteiger charge is 2.32. The van der Waals surface area contributed by atoms with Gasteiger partial charge in [-0.05, 0) is 48.9 Å². The third-order valence-electron chi connectivity index (χ3n) is 6.11. The van der Waals surface area contributed by atoms with Crippen LogP contribution in [0.25, 0.3) is 0 Å². The standard InChI is InChI=1S/C23H37NO/c1-3-5-9-15-24(16-10-6-4-2)20-14-13-19-18-25-23-12-8-7-11-21(23)22(19)17-20/h13-14,17,21,23H,3-12,15-16,18H2,1-2H3. The highest BCUT2D eigenvalue weighted by Crippen LogP contribution is 2.41. The van der Waals surface area contributed by atoms with Crippen LogP contribution in [0.15, 0.2) is 18.2 Å². The average Bonchev–Trinajstić information content (AvgIpc) is 2.66. The number of benzene rings is 1. The van der Waals surface area contributed by atoms with Crippen molar-refractivity contribution in [3.05, 3.63) is 29.3 Å². The van der Waals surface area contributed by atoms with Crippen LogP contribution in [0.1, 0.15) is 95.1 Å². The molecular weight excluding hydrogens is 306 g/mol. The van der Waals surface area contributed by atoms with Crippen molar-refractivity contribution >= 4 is 5.69 Å². The summed E-state index contributed by atoms with van der Waals surface area (Å²) < 4.78 is 6.15. The Kier molecular flexibility index (Phi) is 7.22. The van der Waals surface area contributed by atoms with Gasteiger partial charge in [0, 0.05) is 24.7 Å². The number of unbranched alkanes of at least 4 members (excludes halogenated alkanes) is 4. The summed E-state index contributed by atoms with van der Waals surface area (Å²) in [6.07, 6.45) is 13.7. The fourth-order valence-electron chi connectivity index (χ4n) is 4.58. The van der Waals surface area contributed by atoms with E-state index < -0.39 is 0 Å². The minimum Gasteiger partial charge on any atom is -0.373 e. The van der Waals surface area contributed by atoms with E-state index in [1.54, 1.807) is 5.56 Å². The largest absolute Gasteiger partial charge is 0.373 e. The second-order valence-electron chi connectivity index (χ2n) is 8.02. The Balaban J connectivity index is 1.76. The summed E-state index contributed by atoms with van der Waals surface area (Å²) in [6, 6.07) is 7.23. The molecule has 0 bridgehead atoms. The quantitative estimate of drug-likeness (QED) is 0.479. The van der Waals surface area contributed by atoms with Crippen LogP contribution in [0.5, 0.6) is 0 Å². The van der Waals surface area contributed by atoms with Gasteiger partial charge in [0.1, 0.15) is 0 Å². The van der Waals surface area contributed by atoms with Gasteiger partial charge in [-0.25, -0.2) is 0 Å². The Labute approximate surface area is 154 Å². The van der Waals surface area contributed by atoms with Gasteiger partial charge in [0.25, 0.3) is 0 Å². The molecule has 140 valence electrons. The molecular formula is C23H37NO. The van der Waals surface area contributed by atoms with Crippen LogP contribution < -0.4 is 4.90 Å². The molecule has 1 aliphatic heterocycles. The molecule has 1 aromatic rings. The van der Waals surface area contributed by atoms with Gasteiger partial charge in [0.15, 0.2) is 0 Å². The summed E-state index contributed by atoms with van der Waals surface area (Å²) in [7, 11) is 0. The molecule has 0 aromatic heterocycles. The number of hydrogen-bond acceptors (Lipinski definition) is 2. The summed E-state index contributed by atoms with van der Waals surface area (Å²) in [4.78, 5) is 2.65. The maximum atomic E-state index is 6.15. The van der Waals surface area contributed by atoms with Gasteiger partial charge in [-0.2, -0.15) is 0 Å². The van der Waals surface area contributed by atoms with Crippen LogP contribution >= 0.6 is 0 Å². The Morgan fingerprint density at radius 3 is 2.40 bits per heavy atom. The van der Waals surface area contributed by atoms with Gasteiger partial charge in [-0.15, -0.1) is 0 Å². The molecule has 0 saturated heterocycles. The summed E-state index contributed by atoms with van der Waals surface area (Å²) >= 11 is 0. The van der Waals surface area contributed by atoms with Crippen LogP contribution in [-0.4, -0.2) is 19.2 Å². The SMILES string of the molecule is CCCCCN(CCCCC)c1ccc2c(c1)C1CCCCC1OC2. The van der Waals surface area contributed by atoms with Gasteiger partial charge in [0.05, 0.1) is 12.7 Å². The molecule has 1 aromatic carbocycles. The smallest absolute Gasteiger partial charge is 0.0723 e. The second kappa shape index (κ2) is 9.62. The van der Waals surface area contributed by atoms with Crippen molar-refractivity contribution in [2.75, 3.05) is 18.0 Å². The molecule has 1 saturated carbocycles. The molecule has 1 aliphatic carbocycles. The number of ether oxygens (including phenoxy) is 1. The van der Waals surface area contributed by atoms with Crippen molar-refractivity contribution in [1.82, 2.24) is 0 Å². The number of hydrogen-bond donors (Lipinski definition) is 0. The lowest BCUT2D eigenvalue weighted by molar-refractivity contribution is -0.0118. The van der Waals surface area contributed by atoms with Crippen molar-refractivity contribution in [3.8, 4) is 0 Å². The van der Waals surface area contributed by atoms with Crippen LogP contribution in [-0.2, 0) is 11.3 Å². The molecule has 0 N–H and O–H groups in total. The average molecular weight is 344 g/mol. The molecule has 0 radical (unpaired) electrons. The second-order valence-corrected chi connectivity index (χ2v) is 8.02. The van der Waals surface area contributed by atoms with Gasteiger partial charge < -0.3 is 9.64 Å². The Morgan fingerprint density at radius 2 is 1.68 bits per heavy atom. The summed E-state index contributed by atoms with van der Waals surface area (Å²) in [6.45, 7) is 7.83. The summed E-state index contributed by atoms with van der Waals surface area (Å²) in [5.74, 6) is 0.644. The fraction of sp³-hybridized carbons (Fsp3) is 0.739. The van der Waals surface area contributed by atoms with E-state index >= 15 is 0 Å². The predicted octanol–water partition coefficient (Wildman–Crippen LogP) is 6.43. The van der Waals surface area contributed by atoms with Crippen molar-refractivity contribution in [1.29, 1.82) is 0 Å². The molecule has 2 unspecified atom stereocenters. The highest BCUT2D eigenvalue weighted by atomic mass is 16.5. The molecule has 3 rings (SSSR count). The first-order chi connectivity index (χ1) is 12.3. The third-order valence-corrected chi connectivity index (χ3v) is 6.11. The number of rotatable bonds is 9. The maximum Gasteiger partial charge on any atom is 0.0723 e. The van der Waals surface area contributed by atoms with E-state index in [4.69, 9.17) is 4.74 Å². The van der Waals surface area contributed by atoms with E-state index in [9.17, 15) is 0 Å². The van der Waals surface area contributed by atoms with Crippen LogP contribution in [0, 0.1) is 0 Å². The van der Waals surface area contributed by atoms with E-state index in [1.165, 1.54) is 88.5 Å². The van der Waals surface area contributed by atoms with E-state index in [-0.39, 0.29) is 0 Å². The van der Waals surface area contributed by atoms with Gasteiger partial charge in [-0.1, -0.05) is 58.4 Å². The van der Waals surface area contributed by atoms with E-state index in [0.717, 1.165) is 6.61 Å². The molecule has 1 heterocycles. The monoisotopic (exact) mass is 343 g/mol. The molecule has 1 fully saturated rings. The number of nitrogens with zero attached hydrogens (tertiary/aromatic N) is 1. The first kappa shape index (κ1) is 18.8. The third kappa shape index (κ3) is 4.78. The molecule has 2 heteroatoms. The first-order valence-corrected chi connectivity index (χ1v) is 10.8. The molecule has 25 heavy (non-hydrogen) atoms. The van der Waals surface area contributed by atoms with Crippen molar-refractivity contribution in [3.63, 3.8) is 0 Å². The fourth-order valence-corrected chi connectivity index (χ4v) is 4.58. The Hall–Kier alpha value is -1.02. The molecule has 0 spiro atoms. The minimum atomic E-state index is 0.477. The molecule has 2 atom stereocenters. The van der Waals surface area contributed by atoms with Crippen molar-refractivity contribution < 1.29 is 4.74 Å². The lowest BCUT2D eigenvalue weighted by Gasteiger charge is -2.38. The first-order valence-electron chi connectivity index (χ1n) is 10.8. The van der Waals surface area contributed by atoms with Gasteiger partial charge in [-0.3, -0.25) is 0 Å². The summed E-state index contributed by atoms with van der Waals surface area (Å²) in [5, 5.41) is 0. The van der Waals surface area contributed by atoms with Gasteiger partial charge in [0.2, 0.25) is 0 Å². The van der Waals surface area contributed by atoms with Gasteiger partial charge >= 0.3 is 0 Å². The molecule has 0 amide bonds. The topological polar surface area (TPSA) is 12.5 Å². The Bertz CT molecular complexity index is 517. The number of fused-ring (bicyclic) bond motifs is 3. The zero-order valence-electron chi connectivity index (χ0n) is 16.4. The van der Waals surface area contributed by atoms with Crippen molar-refractivity contribution in [2.24, 2.45) is 0 Å². The maximum absolute atomic E-state index is 6.15. The summed E-state index contributed by atoms with van der Waals surface area (Å²) in [5.41, 5.74) is 4.50. The minimum absolute atomic E-state index is 0.477. The predicted molar refractivity (Wildman–Crippen MR) is 107 cm³/mol. The Morgan fingerprint density at radius 1 is 0.960 bits per heavy atom. The molecule has 2 aliphatic rings. The van der Waals surface area contributed by atoms with Crippen LogP contribution in [0.4, 0.5) is 5.69 Å². The normalized spacial score (nSPS) is 22.3. The molecule has 2 nitrogen and oxygen atoms in total. The lowest BCUT2D eigenvalue weighted by Crippen LogP contribution is -2.31. The number of anilines is 1. The lowest BCUT2D eigenvalue weighted by atomic mass is 9.78. The zero-order chi connectivity index (χ0) is 17.5. The zero-order valence-corrected chi connectivity index (χ0v) is 16.4. The van der Waals surface area contributed by atoms with E-state index in [1.807, 2.05) is 0 Å². The van der Waals surface area contributed by atoms with E-state index in [0.29, 0.717) is 12.0 Å². The van der Waals surface area contributed by atoms with E-state index in [2.05, 4.69) is 36.9 Å². The van der Waals surface area contributed by atoms with Crippen molar-refractivity contribution in [2.45, 2.75) is 96.7 Å². The van der Waals surface area contributed by atoms with Crippen LogP contribution in [0.3, 0.4) is 0 Å².